The molecule has 6 heteroatoms. The second-order valence-corrected chi connectivity index (χ2v) is 4.37. The van der Waals surface area contributed by atoms with Crippen molar-refractivity contribution < 1.29 is 9.53 Å². The van der Waals surface area contributed by atoms with E-state index in [1.165, 1.54) is 0 Å². The number of nitrogens with zero attached hydrogens (tertiary/aromatic N) is 2. The van der Waals surface area contributed by atoms with Gasteiger partial charge in [-0.25, -0.2) is 4.98 Å². The van der Waals surface area contributed by atoms with E-state index in [-0.39, 0.29) is 11.9 Å². The number of aromatic nitrogens is 2. The topological polar surface area (TPSA) is 76.1 Å². The van der Waals surface area contributed by atoms with Crippen LogP contribution in [0.1, 0.15) is 25.5 Å². The highest BCUT2D eigenvalue weighted by Crippen LogP contribution is 2.14. The summed E-state index contributed by atoms with van der Waals surface area (Å²) >= 11 is 0. The van der Waals surface area contributed by atoms with Gasteiger partial charge < -0.3 is 15.4 Å². The molecule has 0 aliphatic carbocycles. The zero-order valence-corrected chi connectivity index (χ0v) is 10.7. The summed E-state index contributed by atoms with van der Waals surface area (Å²) in [6.45, 7) is 5.19. The van der Waals surface area contributed by atoms with Crippen molar-refractivity contribution in [2.45, 2.75) is 32.7 Å². The zero-order chi connectivity index (χ0) is 13.0. The van der Waals surface area contributed by atoms with Crippen LogP contribution < -0.4 is 15.4 Å². The quantitative estimate of drug-likeness (QED) is 0.811. The average molecular weight is 250 g/mol. The molecule has 2 rings (SSSR count). The van der Waals surface area contributed by atoms with Crippen molar-refractivity contribution in [3.63, 3.8) is 0 Å². The van der Waals surface area contributed by atoms with Crippen molar-refractivity contribution in [2.75, 3.05) is 18.5 Å². The van der Waals surface area contributed by atoms with E-state index in [1.54, 1.807) is 6.07 Å². The maximum atomic E-state index is 11.1. The second kappa shape index (κ2) is 5.66. The zero-order valence-electron chi connectivity index (χ0n) is 10.7. The normalized spacial score (nSPS) is 18.6. The molecule has 1 aromatic rings. The fourth-order valence-corrected chi connectivity index (χ4v) is 1.77. The summed E-state index contributed by atoms with van der Waals surface area (Å²) in [4.78, 5) is 19.7. The second-order valence-electron chi connectivity index (χ2n) is 4.37. The van der Waals surface area contributed by atoms with Gasteiger partial charge in [-0.3, -0.25) is 4.79 Å². The molecule has 2 heterocycles. The molecule has 0 radical (unpaired) electrons. The van der Waals surface area contributed by atoms with Gasteiger partial charge in [0.2, 0.25) is 17.7 Å². The largest absolute Gasteiger partial charge is 0.478 e. The molecule has 1 aromatic heterocycles. The van der Waals surface area contributed by atoms with E-state index in [0.717, 1.165) is 12.1 Å². The number of carbonyl (C=O) groups is 1. The van der Waals surface area contributed by atoms with Gasteiger partial charge in [0, 0.05) is 24.7 Å². The van der Waals surface area contributed by atoms with Gasteiger partial charge in [0.1, 0.15) is 0 Å². The average Bonchev–Trinajstić information content (AvgIpc) is 2.71. The number of anilines is 1. The number of aryl methyl sites for hydroxylation is 1. The van der Waals surface area contributed by atoms with E-state index in [0.29, 0.717) is 31.4 Å². The summed E-state index contributed by atoms with van der Waals surface area (Å²) in [6, 6.07) is 1.86. The fraction of sp³-hybridized carbons (Fsp3) is 0.583. The molecule has 18 heavy (non-hydrogen) atoms. The van der Waals surface area contributed by atoms with Gasteiger partial charge in [0.25, 0.3) is 0 Å². The molecular weight excluding hydrogens is 232 g/mol. The molecule has 1 unspecified atom stereocenters. The van der Waals surface area contributed by atoms with Crippen LogP contribution in [0.4, 0.5) is 5.95 Å². The van der Waals surface area contributed by atoms with Gasteiger partial charge >= 0.3 is 0 Å². The molecule has 1 atom stereocenters. The first-order valence-electron chi connectivity index (χ1n) is 6.19. The Kier molecular flexibility index (Phi) is 3.96. The minimum atomic E-state index is 0.0540. The molecule has 1 saturated heterocycles. The Hall–Kier alpha value is -1.85. The van der Waals surface area contributed by atoms with Crippen molar-refractivity contribution in [3.8, 4) is 5.88 Å². The van der Waals surface area contributed by atoms with Gasteiger partial charge in [0.05, 0.1) is 12.6 Å². The smallest absolute Gasteiger partial charge is 0.226 e. The van der Waals surface area contributed by atoms with E-state index in [4.69, 9.17) is 4.74 Å². The maximum absolute atomic E-state index is 11.1. The Morgan fingerprint density at radius 3 is 3.06 bits per heavy atom. The van der Waals surface area contributed by atoms with Crippen molar-refractivity contribution in [1.29, 1.82) is 0 Å². The van der Waals surface area contributed by atoms with Crippen LogP contribution >= 0.6 is 0 Å². The van der Waals surface area contributed by atoms with E-state index in [9.17, 15) is 4.79 Å². The predicted octanol–water partition coefficient (Wildman–Crippen LogP) is 0.874. The Morgan fingerprint density at radius 1 is 1.56 bits per heavy atom. The molecule has 1 aliphatic heterocycles. The molecule has 0 saturated carbocycles. The van der Waals surface area contributed by atoms with Crippen LogP contribution in [0.5, 0.6) is 5.88 Å². The summed E-state index contributed by atoms with van der Waals surface area (Å²) in [5, 5.41) is 5.91. The lowest BCUT2D eigenvalue weighted by Crippen LogP contribution is -2.23. The molecule has 1 amide bonds. The van der Waals surface area contributed by atoms with Gasteiger partial charge in [-0.15, -0.1) is 0 Å². The summed E-state index contributed by atoms with van der Waals surface area (Å²) in [7, 11) is 0. The molecule has 2 N–H and O–H groups in total. The molecular formula is C12H18N4O2. The van der Waals surface area contributed by atoms with Crippen molar-refractivity contribution in [3.05, 3.63) is 11.8 Å². The molecule has 1 fully saturated rings. The van der Waals surface area contributed by atoms with Crippen LogP contribution in [-0.4, -0.2) is 35.1 Å². The van der Waals surface area contributed by atoms with E-state index in [2.05, 4.69) is 20.6 Å². The van der Waals surface area contributed by atoms with Crippen LogP contribution in [0.3, 0.4) is 0 Å². The predicted molar refractivity (Wildman–Crippen MR) is 67.6 cm³/mol. The highest BCUT2D eigenvalue weighted by molar-refractivity contribution is 5.79. The van der Waals surface area contributed by atoms with Crippen molar-refractivity contribution in [1.82, 2.24) is 15.3 Å². The minimum absolute atomic E-state index is 0.0540. The molecule has 1 aliphatic rings. The monoisotopic (exact) mass is 250 g/mol. The third-order valence-electron chi connectivity index (χ3n) is 2.60. The summed E-state index contributed by atoms with van der Waals surface area (Å²) in [6.07, 6.45) is 1.40. The Balaban J connectivity index is 2.03. The number of rotatable bonds is 5. The van der Waals surface area contributed by atoms with Crippen LogP contribution in [0.2, 0.25) is 0 Å². The Labute approximate surface area is 106 Å². The van der Waals surface area contributed by atoms with Gasteiger partial charge in [0.15, 0.2) is 0 Å². The number of carbonyl (C=O) groups excluding carboxylic acids is 1. The van der Waals surface area contributed by atoms with E-state index in [1.807, 2.05) is 13.8 Å². The third kappa shape index (κ3) is 3.32. The van der Waals surface area contributed by atoms with Crippen molar-refractivity contribution >= 4 is 11.9 Å². The molecule has 0 bridgehead atoms. The molecule has 0 aromatic carbocycles. The first-order valence-corrected chi connectivity index (χ1v) is 6.19. The van der Waals surface area contributed by atoms with Gasteiger partial charge in [-0.2, -0.15) is 4.98 Å². The van der Waals surface area contributed by atoms with Crippen LogP contribution in [0.25, 0.3) is 0 Å². The lowest BCUT2D eigenvalue weighted by atomic mass is 10.2. The van der Waals surface area contributed by atoms with E-state index < -0.39 is 0 Å². The van der Waals surface area contributed by atoms with Crippen LogP contribution in [0, 0.1) is 6.92 Å². The number of amides is 1. The molecule has 98 valence electrons. The number of hydrogen-bond donors (Lipinski definition) is 2. The first kappa shape index (κ1) is 12.6. The third-order valence-corrected chi connectivity index (χ3v) is 2.60. The fourth-order valence-electron chi connectivity index (χ4n) is 1.77. The molecule has 0 spiro atoms. The highest BCUT2D eigenvalue weighted by atomic mass is 16.5. The summed E-state index contributed by atoms with van der Waals surface area (Å²) < 4.78 is 5.49. The minimum Gasteiger partial charge on any atom is -0.478 e. The lowest BCUT2D eigenvalue weighted by molar-refractivity contribution is -0.119. The van der Waals surface area contributed by atoms with Gasteiger partial charge in [-0.05, 0) is 13.3 Å². The van der Waals surface area contributed by atoms with Crippen LogP contribution in [0.15, 0.2) is 6.07 Å². The number of hydrogen-bond acceptors (Lipinski definition) is 5. The summed E-state index contributed by atoms with van der Waals surface area (Å²) in [5.74, 6) is 1.15. The SMILES string of the molecule is CCCOc1cc(C)nc(NC2CNC(=O)C2)n1. The van der Waals surface area contributed by atoms with Crippen molar-refractivity contribution in [2.24, 2.45) is 0 Å². The standard InChI is InChI=1S/C12H18N4O2/c1-3-4-18-11-5-8(2)14-12(16-11)15-9-6-10(17)13-7-9/h5,9H,3-4,6-7H2,1-2H3,(H,13,17)(H,14,15,16). The van der Waals surface area contributed by atoms with E-state index >= 15 is 0 Å². The summed E-state index contributed by atoms with van der Waals surface area (Å²) in [5.41, 5.74) is 0.843. The van der Waals surface area contributed by atoms with Crippen LogP contribution in [-0.2, 0) is 4.79 Å². The number of nitrogens with one attached hydrogen (secondary N) is 2. The maximum Gasteiger partial charge on any atom is 0.226 e. The van der Waals surface area contributed by atoms with Gasteiger partial charge in [-0.1, -0.05) is 6.92 Å². The Morgan fingerprint density at radius 2 is 2.39 bits per heavy atom. The molecule has 6 nitrogen and oxygen atoms in total. The Bertz CT molecular complexity index is 436. The first-order chi connectivity index (χ1) is 8.67. The lowest BCUT2D eigenvalue weighted by Gasteiger charge is -2.12. The highest BCUT2D eigenvalue weighted by Gasteiger charge is 2.22. The number of ether oxygens (including phenoxy) is 1.